The van der Waals surface area contributed by atoms with Gasteiger partial charge in [0.15, 0.2) is 0 Å². The molecule has 7 heteroatoms. The Morgan fingerprint density at radius 1 is 1.21 bits per heavy atom. The van der Waals surface area contributed by atoms with Crippen LogP contribution in [0.2, 0.25) is 0 Å². The third kappa shape index (κ3) is 3.48. The second-order valence-corrected chi connectivity index (χ2v) is 8.41. The largest absolute Gasteiger partial charge is 0.465 e. The summed E-state index contributed by atoms with van der Waals surface area (Å²) in [5.74, 6) is 0.692. The van der Waals surface area contributed by atoms with Gasteiger partial charge in [0.1, 0.15) is 5.82 Å². The van der Waals surface area contributed by atoms with Gasteiger partial charge >= 0.3 is 5.97 Å². The lowest BCUT2D eigenvalue weighted by molar-refractivity contribution is -0.139. The molecule has 1 amide bonds. The molecule has 7 nitrogen and oxygen atoms in total. The van der Waals surface area contributed by atoms with Crippen molar-refractivity contribution in [2.24, 2.45) is 5.41 Å². The van der Waals surface area contributed by atoms with Crippen LogP contribution in [0.3, 0.4) is 0 Å². The van der Waals surface area contributed by atoms with Crippen LogP contribution in [0.15, 0.2) is 18.3 Å². The number of aliphatic hydroxyl groups is 1. The summed E-state index contributed by atoms with van der Waals surface area (Å²) in [6.45, 7) is 2.37. The lowest BCUT2D eigenvalue weighted by Gasteiger charge is -2.41. The fourth-order valence-corrected chi connectivity index (χ4v) is 5.08. The molecule has 1 atom stereocenters. The Hall–Kier alpha value is -2.15. The van der Waals surface area contributed by atoms with E-state index < -0.39 is 5.97 Å². The van der Waals surface area contributed by atoms with Crippen molar-refractivity contribution in [3.8, 4) is 0 Å². The van der Waals surface area contributed by atoms with E-state index in [4.69, 9.17) is 4.74 Å². The van der Waals surface area contributed by atoms with Gasteiger partial charge in [0.05, 0.1) is 24.2 Å². The first kappa shape index (κ1) is 19.2. The number of hydrogen-bond donors (Lipinski definition) is 1. The molecule has 2 saturated heterocycles. The molecule has 4 rings (SSSR count). The van der Waals surface area contributed by atoms with Crippen molar-refractivity contribution >= 4 is 17.7 Å². The Kier molecular flexibility index (Phi) is 5.27. The molecular weight excluding hydrogens is 358 g/mol. The zero-order valence-corrected chi connectivity index (χ0v) is 16.5. The second kappa shape index (κ2) is 7.70. The zero-order chi connectivity index (χ0) is 19.7. The summed E-state index contributed by atoms with van der Waals surface area (Å²) in [5.41, 5.74) is 0.109. The first-order valence-corrected chi connectivity index (χ1v) is 10.3. The number of piperidine rings is 1. The number of anilines is 1. The number of carbonyl (C=O) groups is 2. The first-order chi connectivity index (χ1) is 13.5. The lowest BCUT2D eigenvalue weighted by atomic mass is 9.78. The lowest BCUT2D eigenvalue weighted by Crippen LogP contribution is -2.50. The second-order valence-electron chi connectivity index (χ2n) is 8.41. The molecule has 3 fully saturated rings. The molecule has 0 radical (unpaired) electrons. The Morgan fingerprint density at radius 3 is 2.68 bits per heavy atom. The number of methoxy groups -OCH3 is 1. The number of ether oxygens (including phenoxy) is 1. The van der Waals surface area contributed by atoms with Crippen molar-refractivity contribution < 1.29 is 19.4 Å². The van der Waals surface area contributed by atoms with Crippen LogP contribution in [0.4, 0.5) is 5.82 Å². The van der Waals surface area contributed by atoms with E-state index in [1.165, 1.54) is 7.11 Å². The van der Waals surface area contributed by atoms with E-state index >= 15 is 0 Å². The maximum absolute atomic E-state index is 13.4. The number of amides is 1. The van der Waals surface area contributed by atoms with Gasteiger partial charge in [-0.05, 0) is 57.1 Å². The van der Waals surface area contributed by atoms with E-state index in [2.05, 4.69) is 14.8 Å². The number of pyridine rings is 1. The number of aliphatic hydroxyl groups excluding tert-OH is 1. The third-order valence-electron chi connectivity index (χ3n) is 6.72. The van der Waals surface area contributed by atoms with Crippen molar-refractivity contribution in [2.45, 2.75) is 57.1 Å². The van der Waals surface area contributed by atoms with Crippen LogP contribution in [-0.2, 0) is 9.53 Å². The molecule has 152 valence electrons. The van der Waals surface area contributed by atoms with Gasteiger partial charge in [-0.3, -0.25) is 4.79 Å². The predicted molar refractivity (Wildman–Crippen MR) is 104 cm³/mol. The molecular formula is C21H29N3O4. The van der Waals surface area contributed by atoms with Gasteiger partial charge in [0.25, 0.3) is 0 Å². The highest BCUT2D eigenvalue weighted by Gasteiger charge is 2.50. The van der Waals surface area contributed by atoms with Crippen LogP contribution < -0.4 is 4.90 Å². The van der Waals surface area contributed by atoms with E-state index in [-0.39, 0.29) is 23.5 Å². The molecule has 1 saturated carbocycles. The summed E-state index contributed by atoms with van der Waals surface area (Å²) in [6, 6.07) is 3.85. The summed E-state index contributed by atoms with van der Waals surface area (Å²) in [4.78, 5) is 33.7. The Bertz CT molecular complexity index is 730. The monoisotopic (exact) mass is 387 g/mol. The maximum atomic E-state index is 13.4. The molecule has 0 aromatic carbocycles. The number of rotatable bonds is 3. The van der Waals surface area contributed by atoms with E-state index in [1.54, 1.807) is 12.3 Å². The van der Waals surface area contributed by atoms with Gasteiger partial charge in [-0.15, -0.1) is 0 Å². The number of esters is 1. The molecule has 1 aromatic rings. The van der Waals surface area contributed by atoms with E-state index in [0.29, 0.717) is 12.1 Å². The first-order valence-electron chi connectivity index (χ1n) is 10.3. The van der Waals surface area contributed by atoms with E-state index in [1.807, 2.05) is 6.07 Å². The van der Waals surface area contributed by atoms with Crippen molar-refractivity contribution in [2.75, 3.05) is 31.6 Å². The fraction of sp³-hybridized carbons (Fsp3) is 0.667. The van der Waals surface area contributed by atoms with Gasteiger partial charge < -0.3 is 19.6 Å². The summed E-state index contributed by atoms with van der Waals surface area (Å²) >= 11 is 0. The van der Waals surface area contributed by atoms with Gasteiger partial charge in [-0.1, -0.05) is 0 Å². The summed E-state index contributed by atoms with van der Waals surface area (Å²) in [6.07, 6.45) is 7.52. The van der Waals surface area contributed by atoms with Crippen LogP contribution in [0.1, 0.15) is 55.3 Å². The smallest absolute Gasteiger partial charge is 0.339 e. The average molecular weight is 387 g/mol. The minimum absolute atomic E-state index is 0.202. The molecule has 0 bridgehead atoms. The van der Waals surface area contributed by atoms with Crippen molar-refractivity contribution in [1.82, 2.24) is 9.88 Å². The maximum Gasteiger partial charge on any atom is 0.339 e. The van der Waals surface area contributed by atoms with Crippen molar-refractivity contribution in [3.05, 3.63) is 23.9 Å². The number of carbonyl (C=O) groups excluding carboxylic acids is 2. The van der Waals surface area contributed by atoms with Crippen LogP contribution in [0.25, 0.3) is 0 Å². The summed E-state index contributed by atoms with van der Waals surface area (Å²) < 4.78 is 4.73. The topological polar surface area (TPSA) is 83.0 Å². The number of hydrogen-bond acceptors (Lipinski definition) is 6. The number of nitrogens with zero attached hydrogens (tertiary/aromatic N) is 3. The van der Waals surface area contributed by atoms with Crippen molar-refractivity contribution in [1.29, 1.82) is 0 Å². The van der Waals surface area contributed by atoms with Crippen LogP contribution in [-0.4, -0.2) is 65.8 Å². The molecule has 1 aliphatic carbocycles. The average Bonchev–Trinajstić information content (AvgIpc) is 3.04. The van der Waals surface area contributed by atoms with Crippen LogP contribution in [0.5, 0.6) is 0 Å². The van der Waals surface area contributed by atoms with E-state index in [0.717, 1.165) is 63.9 Å². The minimum Gasteiger partial charge on any atom is -0.465 e. The number of aromatic nitrogens is 1. The molecule has 1 spiro atoms. The zero-order valence-electron chi connectivity index (χ0n) is 16.5. The van der Waals surface area contributed by atoms with Crippen LogP contribution in [0, 0.1) is 5.41 Å². The van der Waals surface area contributed by atoms with Gasteiger partial charge in [-0.2, -0.15) is 0 Å². The predicted octanol–water partition coefficient (Wildman–Crippen LogP) is 1.99. The molecule has 3 heterocycles. The highest BCUT2D eigenvalue weighted by molar-refractivity contribution is 5.89. The minimum atomic E-state index is -0.395. The molecule has 2 aliphatic heterocycles. The summed E-state index contributed by atoms with van der Waals surface area (Å²) in [5, 5.41) is 9.76. The Balaban J connectivity index is 1.46. The van der Waals surface area contributed by atoms with Gasteiger partial charge in [-0.25, -0.2) is 9.78 Å². The van der Waals surface area contributed by atoms with E-state index in [9.17, 15) is 14.7 Å². The normalized spacial score (nSPS) is 30.7. The molecule has 28 heavy (non-hydrogen) atoms. The quantitative estimate of drug-likeness (QED) is 0.799. The van der Waals surface area contributed by atoms with Gasteiger partial charge in [0, 0.05) is 31.9 Å². The van der Waals surface area contributed by atoms with Crippen LogP contribution >= 0.6 is 0 Å². The third-order valence-corrected chi connectivity index (χ3v) is 6.72. The highest BCUT2D eigenvalue weighted by atomic mass is 16.5. The molecule has 3 aliphatic rings. The highest BCUT2D eigenvalue weighted by Crippen LogP contribution is 2.43. The SMILES string of the molecule is COC(=O)c1ccc(N2CCCC3(CCN(C4CCC(O)CC4)C3=O)C2)nc1. The molecule has 1 aromatic heterocycles. The Labute approximate surface area is 165 Å². The molecule has 1 unspecified atom stereocenters. The molecule has 1 N–H and O–H groups in total. The number of likely N-dealkylation sites (tertiary alicyclic amines) is 1. The standard InChI is InChI=1S/C21H29N3O4/c1-28-19(26)15-3-8-18(22-13-15)23-11-2-9-21(14-23)10-12-24(20(21)27)16-4-6-17(25)7-5-16/h3,8,13,16-17,25H,2,4-7,9-12,14H2,1H3. The van der Waals surface area contributed by atoms with Gasteiger partial charge in [0.2, 0.25) is 5.91 Å². The van der Waals surface area contributed by atoms with Crippen molar-refractivity contribution in [3.63, 3.8) is 0 Å². The Morgan fingerprint density at radius 2 is 2.00 bits per heavy atom. The fourth-order valence-electron chi connectivity index (χ4n) is 5.08. The summed E-state index contributed by atoms with van der Waals surface area (Å²) in [7, 11) is 1.36.